The Hall–Kier alpha value is -3.91. The molecule has 0 spiro atoms. The van der Waals surface area contributed by atoms with Gasteiger partial charge in [0.15, 0.2) is 6.61 Å². The number of amides is 3. The van der Waals surface area contributed by atoms with Crippen LogP contribution in [0.15, 0.2) is 77.7 Å². The number of esters is 1. The molecule has 7 nitrogen and oxygen atoms in total. The maximum atomic E-state index is 12.8. The van der Waals surface area contributed by atoms with Crippen LogP contribution in [-0.2, 0) is 16.0 Å². The number of benzene rings is 3. The molecule has 0 saturated heterocycles. The highest BCUT2D eigenvalue weighted by atomic mass is 32.2. The summed E-state index contributed by atoms with van der Waals surface area (Å²) in [5.74, 6) is -2.07. The second-order valence-electron chi connectivity index (χ2n) is 7.61. The van der Waals surface area contributed by atoms with Crippen molar-refractivity contribution >= 4 is 41.1 Å². The zero-order valence-electron chi connectivity index (χ0n) is 18.4. The monoisotopic (exact) mass is 474 g/mol. The first-order chi connectivity index (χ1) is 16.5. The van der Waals surface area contributed by atoms with Crippen molar-refractivity contribution in [3.63, 3.8) is 0 Å². The average Bonchev–Trinajstić information content (AvgIpc) is 3.11. The molecule has 0 unspecified atom stereocenters. The fraction of sp³-hybridized carbons (Fsp3) is 0.154. The predicted octanol–water partition coefficient (Wildman–Crippen LogP) is 4.04. The summed E-state index contributed by atoms with van der Waals surface area (Å²) in [6, 6.07) is 21.1. The number of carbonyl (C=O) groups excluding carboxylic acids is 4. The van der Waals surface area contributed by atoms with E-state index in [2.05, 4.69) is 5.32 Å². The number of carbonyl (C=O) groups is 4. The van der Waals surface area contributed by atoms with Gasteiger partial charge in [-0.25, -0.2) is 4.79 Å². The van der Waals surface area contributed by atoms with Crippen LogP contribution in [0.5, 0.6) is 0 Å². The van der Waals surface area contributed by atoms with E-state index in [1.165, 1.54) is 23.1 Å². The van der Waals surface area contributed by atoms with E-state index in [9.17, 15) is 19.2 Å². The lowest BCUT2D eigenvalue weighted by Gasteiger charge is -2.13. The molecule has 0 radical (unpaired) electrons. The summed E-state index contributed by atoms with van der Waals surface area (Å²) in [6.45, 7) is -0.232. The van der Waals surface area contributed by atoms with Crippen LogP contribution < -0.4 is 5.32 Å². The van der Waals surface area contributed by atoms with Crippen LogP contribution in [0.1, 0.15) is 36.6 Å². The standard InChI is InChI=1S/C26H22N2O5S/c1-34-20-10-8-19(9-11-20)27-23(29)16-33-26(32)18-7-12-21-22(15-18)25(31)28(24(21)30)14-13-17-5-3-2-4-6-17/h2-12,15H,13-14,16H2,1H3,(H,27,29). The van der Waals surface area contributed by atoms with Crippen molar-refractivity contribution in [3.05, 3.63) is 95.1 Å². The lowest BCUT2D eigenvalue weighted by molar-refractivity contribution is -0.119. The Morgan fingerprint density at radius 2 is 1.62 bits per heavy atom. The molecule has 0 aromatic heterocycles. The van der Waals surface area contributed by atoms with Crippen molar-refractivity contribution in [3.8, 4) is 0 Å². The average molecular weight is 475 g/mol. The van der Waals surface area contributed by atoms with Gasteiger partial charge in [0, 0.05) is 17.1 Å². The van der Waals surface area contributed by atoms with Gasteiger partial charge in [0.25, 0.3) is 17.7 Å². The van der Waals surface area contributed by atoms with Gasteiger partial charge in [0.1, 0.15) is 0 Å². The Labute approximate surface area is 201 Å². The fourth-order valence-electron chi connectivity index (χ4n) is 3.59. The molecule has 0 fully saturated rings. The minimum Gasteiger partial charge on any atom is -0.452 e. The van der Waals surface area contributed by atoms with Gasteiger partial charge in [-0.3, -0.25) is 19.3 Å². The van der Waals surface area contributed by atoms with Crippen molar-refractivity contribution < 1.29 is 23.9 Å². The minimum absolute atomic E-state index is 0.0990. The number of hydrogen-bond donors (Lipinski definition) is 1. The lowest BCUT2D eigenvalue weighted by atomic mass is 10.1. The molecular weight excluding hydrogens is 452 g/mol. The van der Waals surface area contributed by atoms with Gasteiger partial charge in [0.2, 0.25) is 0 Å². The van der Waals surface area contributed by atoms with E-state index in [1.54, 1.807) is 23.9 Å². The SMILES string of the molecule is CSc1ccc(NC(=O)COC(=O)c2ccc3c(c2)C(=O)N(CCc2ccccc2)C3=O)cc1. The van der Waals surface area contributed by atoms with Crippen molar-refractivity contribution in [1.82, 2.24) is 4.90 Å². The molecule has 1 aliphatic rings. The Balaban J connectivity index is 1.35. The maximum absolute atomic E-state index is 12.8. The van der Waals surface area contributed by atoms with E-state index in [-0.39, 0.29) is 29.1 Å². The molecule has 8 heteroatoms. The molecule has 0 atom stereocenters. The Morgan fingerprint density at radius 3 is 2.32 bits per heavy atom. The topological polar surface area (TPSA) is 92.8 Å². The molecule has 3 amide bonds. The van der Waals surface area contributed by atoms with Crippen molar-refractivity contribution in [2.75, 3.05) is 24.7 Å². The normalized spacial score (nSPS) is 12.4. The zero-order valence-corrected chi connectivity index (χ0v) is 19.3. The summed E-state index contributed by atoms with van der Waals surface area (Å²) in [4.78, 5) is 52.3. The van der Waals surface area contributed by atoms with Gasteiger partial charge >= 0.3 is 5.97 Å². The van der Waals surface area contributed by atoms with Gasteiger partial charge in [0.05, 0.1) is 16.7 Å². The first kappa shape index (κ1) is 23.3. The number of imide groups is 1. The third-order valence-electron chi connectivity index (χ3n) is 5.38. The summed E-state index contributed by atoms with van der Waals surface area (Å²) in [7, 11) is 0. The number of fused-ring (bicyclic) bond motifs is 1. The van der Waals surface area contributed by atoms with Crippen LogP contribution in [-0.4, -0.2) is 48.0 Å². The fourth-order valence-corrected chi connectivity index (χ4v) is 4.00. The van der Waals surface area contributed by atoms with Crippen LogP contribution >= 0.6 is 11.8 Å². The highest BCUT2D eigenvalue weighted by Crippen LogP contribution is 2.25. The number of ether oxygens (including phenoxy) is 1. The van der Waals surface area contributed by atoms with Gasteiger partial charge < -0.3 is 10.1 Å². The van der Waals surface area contributed by atoms with Crippen LogP contribution in [0.2, 0.25) is 0 Å². The van der Waals surface area contributed by atoms with Crippen LogP contribution in [0, 0.1) is 0 Å². The first-order valence-corrected chi connectivity index (χ1v) is 11.8. The van der Waals surface area contributed by atoms with E-state index < -0.39 is 24.4 Å². The minimum atomic E-state index is -0.751. The second-order valence-corrected chi connectivity index (χ2v) is 8.49. The molecule has 0 bridgehead atoms. The van der Waals surface area contributed by atoms with Gasteiger partial charge in [-0.15, -0.1) is 11.8 Å². The number of nitrogens with one attached hydrogen (secondary N) is 1. The van der Waals surface area contributed by atoms with Crippen LogP contribution in [0.4, 0.5) is 5.69 Å². The van der Waals surface area contributed by atoms with Crippen molar-refractivity contribution in [2.45, 2.75) is 11.3 Å². The highest BCUT2D eigenvalue weighted by Gasteiger charge is 2.35. The maximum Gasteiger partial charge on any atom is 0.338 e. The summed E-state index contributed by atoms with van der Waals surface area (Å²) in [5, 5.41) is 2.66. The number of hydrogen-bond acceptors (Lipinski definition) is 6. The number of rotatable bonds is 8. The lowest BCUT2D eigenvalue weighted by Crippen LogP contribution is -2.31. The quantitative estimate of drug-likeness (QED) is 0.301. The first-order valence-electron chi connectivity index (χ1n) is 10.6. The molecule has 0 aliphatic carbocycles. The molecule has 3 aromatic carbocycles. The summed E-state index contributed by atoms with van der Waals surface area (Å²) in [6.07, 6.45) is 2.49. The van der Waals surface area contributed by atoms with Crippen LogP contribution in [0.3, 0.4) is 0 Å². The molecule has 1 aliphatic heterocycles. The van der Waals surface area contributed by atoms with Gasteiger partial charge in [-0.1, -0.05) is 30.3 Å². The Bertz CT molecular complexity index is 1240. The van der Waals surface area contributed by atoms with Crippen LogP contribution in [0.25, 0.3) is 0 Å². The van der Waals surface area contributed by atoms with Crippen molar-refractivity contribution in [2.24, 2.45) is 0 Å². The molecule has 172 valence electrons. The van der Waals surface area contributed by atoms with E-state index in [0.717, 1.165) is 10.5 Å². The molecule has 34 heavy (non-hydrogen) atoms. The van der Waals surface area contributed by atoms with Gasteiger partial charge in [-0.2, -0.15) is 0 Å². The Morgan fingerprint density at radius 1 is 0.912 bits per heavy atom. The summed E-state index contributed by atoms with van der Waals surface area (Å²) in [5.41, 5.74) is 2.12. The number of anilines is 1. The Kier molecular flexibility index (Phi) is 7.08. The largest absolute Gasteiger partial charge is 0.452 e. The summed E-state index contributed by atoms with van der Waals surface area (Å²) >= 11 is 1.59. The highest BCUT2D eigenvalue weighted by molar-refractivity contribution is 7.98. The number of thioether (sulfide) groups is 1. The van der Waals surface area contributed by atoms with E-state index in [1.807, 2.05) is 48.7 Å². The molecule has 3 aromatic rings. The molecular formula is C26H22N2O5S. The predicted molar refractivity (Wildman–Crippen MR) is 129 cm³/mol. The molecule has 0 saturated carbocycles. The summed E-state index contributed by atoms with van der Waals surface area (Å²) < 4.78 is 5.10. The number of nitrogens with zero attached hydrogens (tertiary/aromatic N) is 1. The zero-order chi connectivity index (χ0) is 24.1. The second kappa shape index (κ2) is 10.4. The smallest absolute Gasteiger partial charge is 0.338 e. The third-order valence-corrected chi connectivity index (χ3v) is 6.13. The molecule has 1 N–H and O–H groups in total. The third kappa shape index (κ3) is 5.18. The van der Waals surface area contributed by atoms with Gasteiger partial charge in [-0.05, 0) is 60.7 Å². The molecule has 4 rings (SSSR count). The van der Waals surface area contributed by atoms with Crippen molar-refractivity contribution in [1.29, 1.82) is 0 Å². The van der Waals surface area contributed by atoms with E-state index in [4.69, 9.17) is 4.74 Å². The van der Waals surface area contributed by atoms with E-state index in [0.29, 0.717) is 12.1 Å². The van der Waals surface area contributed by atoms with E-state index >= 15 is 0 Å². The molecule has 1 heterocycles.